The van der Waals surface area contributed by atoms with Crippen LogP contribution < -0.4 is 0 Å². The molecule has 0 spiro atoms. The van der Waals surface area contributed by atoms with E-state index < -0.39 is 0 Å². The molecule has 5 nitrogen and oxygen atoms in total. The molecule has 288 valence electrons. The van der Waals surface area contributed by atoms with Gasteiger partial charge in [0.25, 0.3) is 0 Å². The minimum Gasteiger partial charge on any atom is -0.309 e. The predicted molar refractivity (Wildman–Crippen MR) is 255 cm³/mol. The lowest BCUT2D eigenvalue weighted by Gasteiger charge is -2.15. The zero-order valence-electron chi connectivity index (χ0n) is 33.4. The highest BCUT2D eigenvalue weighted by Crippen LogP contribution is 2.48. The molecule has 0 amide bonds. The summed E-state index contributed by atoms with van der Waals surface area (Å²) in [4.78, 5) is 15.2. The Morgan fingerprint density at radius 3 is 1.55 bits per heavy atom. The van der Waals surface area contributed by atoms with Crippen LogP contribution >= 0.6 is 0 Å². The third-order valence-electron chi connectivity index (χ3n) is 12.5. The van der Waals surface area contributed by atoms with Gasteiger partial charge in [0.2, 0.25) is 0 Å². The summed E-state index contributed by atoms with van der Waals surface area (Å²) >= 11 is 0. The molecule has 13 rings (SSSR count). The molecule has 0 radical (unpaired) electrons. The van der Waals surface area contributed by atoms with Crippen LogP contribution in [0.3, 0.4) is 0 Å². The van der Waals surface area contributed by atoms with Crippen molar-refractivity contribution in [3.8, 4) is 78.9 Å². The number of para-hydroxylation sites is 3. The largest absolute Gasteiger partial charge is 0.309 e. The summed E-state index contributed by atoms with van der Waals surface area (Å²) in [5, 5.41) is 4.93. The molecule has 12 aromatic rings. The lowest BCUT2D eigenvalue weighted by Crippen LogP contribution is -2.01. The number of aromatic nitrogens is 5. The maximum Gasteiger partial charge on any atom is 0.164 e. The van der Waals surface area contributed by atoms with Crippen molar-refractivity contribution in [1.82, 2.24) is 24.1 Å². The summed E-state index contributed by atoms with van der Waals surface area (Å²) in [7, 11) is 0. The van der Waals surface area contributed by atoms with Crippen molar-refractivity contribution in [2.45, 2.75) is 0 Å². The van der Waals surface area contributed by atoms with Crippen LogP contribution in [0.25, 0.3) is 123 Å². The number of nitrogens with zero attached hydrogens (tertiary/aromatic N) is 5. The van der Waals surface area contributed by atoms with E-state index in [1.165, 1.54) is 65.9 Å². The molecule has 5 heteroatoms. The van der Waals surface area contributed by atoms with Crippen molar-refractivity contribution < 1.29 is 0 Å². The van der Waals surface area contributed by atoms with E-state index in [0.717, 1.165) is 39.1 Å². The zero-order chi connectivity index (χ0) is 40.7. The van der Waals surface area contributed by atoms with E-state index in [1.807, 2.05) is 36.4 Å². The Morgan fingerprint density at radius 1 is 0.274 bits per heavy atom. The standard InChI is InChI=1S/C57H35N5/c1-4-15-36(16-5-1)55-58-56(37-17-6-2-7-18-37)60-57(59-55)40-29-32-52-48(34-40)43-22-11-10-21-42(43)46-24-14-25-47-45-30-27-39(35-53(45)62(52)54(46)47)38-28-31-51-49(33-38)44-23-12-13-26-50(44)61(51)41-19-8-3-9-20-41/h1-35H. The normalized spacial score (nSPS) is 11.9. The Hall–Kier alpha value is -8.41. The molecule has 0 unspecified atom stereocenters. The minimum absolute atomic E-state index is 0.633. The second-order valence-corrected chi connectivity index (χ2v) is 16.0. The molecule has 0 saturated carbocycles. The van der Waals surface area contributed by atoms with Crippen LogP contribution in [0.5, 0.6) is 0 Å². The van der Waals surface area contributed by atoms with Crippen molar-refractivity contribution in [3.63, 3.8) is 0 Å². The fourth-order valence-electron chi connectivity index (χ4n) is 9.70. The summed E-state index contributed by atoms with van der Waals surface area (Å²) in [5.74, 6) is 1.92. The lowest BCUT2D eigenvalue weighted by molar-refractivity contribution is 1.07. The van der Waals surface area contributed by atoms with Crippen molar-refractivity contribution in [2.75, 3.05) is 0 Å². The Bertz CT molecular complexity index is 3680. The fraction of sp³-hybridized carbons (Fsp3) is 0. The molecule has 3 aromatic heterocycles. The van der Waals surface area contributed by atoms with Crippen molar-refractivity contribution in [1.29, 1.82) is 0 Å². The number of hydrogen-bond donors (Lipinski definition) is 0. The van der Waals surface area contributed by atoms with E-state index in [0.29, 0.717) is 17.5 Å². The average molecular weight is 790 g/mol. The number of hydrogen-bond acceptors (Lipinski definition) is 3. The smallest absolute Gasteiger partial charge is 0.164 e. The monoisotopic (exact) mass is 789 g/mol. The first-order chi connectivity index (χ1) is 30.7. The molecular weight excluding hydrogens is 755 g/mol. The van der Waals surface area contributed by atoms with Crippen LogP contribution in [0.4, 0.5) is 0 Å². The van der Waals surface area contributed by atoms with Crippen molar-refractivity contribution in [3.05, 3.63) is 212 Å². The molecule has 0 atom stereocenters. The second kappa shape index (κ2) is 13.6. The predicted octanol–water partition coefficient (Wildman–Crippen LogP) is 14.4. The first-order valence-electron chi connectivity index (χ1n) is 21.0. The first-order valence-corrected chi connectivity index (χ1v) is 21.0. The third-order valence-corrected chi connectivity index (χ3v) is 12.5. The summed E-state index contributed by atoms with van der Waals surface area (Å²) in [6, 6.07) is 75.8. The molecule has 1 aliphatic rings. The first kappa shape index (κ1) is 34.5. The number of benzene rings is 9. The molecule has 0 saturated heterocycles. The van der Waals surface area contributed by atoms with Crippen LogP contribution in [-0.4, -0.2) is 24.1 Å². The van der Waals surface area contributed by atoms with Crippen LogP contribution in [0.2, 0.25) is 0 Å². The van der Waals surface area contributed by atoms with Crippen LogP contribution in [0.1, 0.15) is 0 Å². The average Bonchev–Trinajstić information content (AvgIpc) is 3.82. The number of fused-ring (bicyclic) bond motifs is 11. The molecule has 0 aliphatic carbocycles. The summed E-state index contributed by atoms with van der Waals surface area (Å²) in [6.07, 6.45) is 0. The van der Waals surface area contributed by atoms with Gasteiger partial charge in [-0.1, -0.05) is 158 Å². The minimum atomic E-state index is 0.633. The molecule has 9 aromatic carbocycles. The Balaban J connectivity index is 1.03. The molecular formula is C57H35N5. The molecule has 0 bridgehead atoms. The van der Waals surface area contributed by atoms with E-state index in [4.69, 9.17) is 15.0 Å². The van der Waals surface area contributed by atoms with Gasteiger partial charge in [-0.05, 0) is 76.9 Å². The molecule has 62 heavy (non-hydrogen) atoms. The second-order valence-electron chi connectivity index (χ2n) is 16.0. The van der Waals surface area contributed by atoms with E-state index in [9.17, 15) is 0 Å². The van der Waals surface area contributed by atoms with E-state index in [1.54, 1.807) is 0 Å². The summed E-state index contributed by atoms with van der Waals surface area (Å²) < 4.78 is 4.86. The maximum atomic E-state index is 5.12. The van der Waals surface area contributed by atoms with E-state index in [2.05, 4.69) is 185 Å². The van der Waals surface area contributed by atoms with Gasteiger partial charge in [-0.3, -0.25) is 0 Å². The van der Waals surface area contributed by atoms with Gasteiger partial charge in [0, 0.05) is 55.0 Å². The molecule has 4 heterocycles. The fourth-order valence-corrected chi connectivity index (χ4v) is 9.70. The van der Waals surface area contributed by atoms with Gasteiger partial charge in [0.1, 0.15) is 0 Å². The van der Waals surface area contributed by atoms with E-state index >= 15 is 0 Å². The SMILES string of the molecule is c1ccc(-c2nc(-c3ccccc3)nc(-c3ccc4c(c3)-c3ccccc3-c3cccc5c6ccc(-c7ccc8c(c7)c7ccccc7n8-c7ccccc7)cc6n-4c35)n2)cc1. The van der Waals surface area contributed by atoms with Gasteiger partial charge >= 0.3 is 0 Å². The highest BCUT2D eigenvalue weighted by molar-refractivity contribution is 6.17. The topological polar surface area (TPSA) is 48.5 Å². The van der Waals surface area contributed by atoms with Crippen molar-refractivity contribution in [2.24, 2.45) is 0 Å². The van der Waals surface area contributed by atoms with Gasteiger partial charge in [-0.2, -0.15) is 0 Å². The Kier molecular flexibility index (Phi) is 7.54. The molecule has 0 N–H and O–H groups in total. The highest BCUT2D eigenvalue weighted by atomic mass is 15.0. The van der Waals surface area contributed by atoms with Crippen LogP contribution in [-0.2, 0) is 0 Å². The summed E-state index contributed by atoms with van der Waals surface area (Å²) in [5.41, 5.74) is 16.9. The van der Waals surface area contributed by atoms with Gasteiger partial charge in [-0.25, -0.2) is 15.0 Å². The highest BCUT2D eigenvalue weighted by Gasteiger charge is 2.26. The van der Waals surface area contributed by atoms with Crippen molar-refractivity contribution >= 4 is 43.6 Å². The Morgan fingerprint density at radius 2 is 0.806 bits per heavy atom. The van der Waals surface area contributed by atoms with Gasteiger partial charge < -0.3 is 9.13 Å². The van der Waals surface area contributed by atoms with Gasteiger partial charge in [0.05, 0.1) is 27.8 Å². The summed E-state index contributed by atoms with van der Waals surface area (Å²) in [6.45, 7) is 0. The molecule has 0 fully saturated rings. The van der Waals surface area contributed by atoms with Crippen LogP contribution in [0.15, 0.2) is 212 Å². The van der Waals surface area contributed by atoms with E-state index in [-0.39, 0.29) is 0 Å². The lowest BCUT2D eigenvalue weighted by atomic mass is 9.92. The third kappa shape index (κ3) is 5.25. The quantitative estimate of drug-likeness (QED) is 0.174. The zero-order valence-corrected chi connectivity index (χ0v) is 33.4. The number of rotatable bonds is 5. The molecule has 1 aliphatic heterocycles. The Labute approximate surface area is 357 Å². The van der Waals surface area contributed by atoms with Gasteiger partial charge in [-0.15, -0.1) is 0 Å². The van der Waals surface area contributed by atoms with Crippen LogP contribution in [0, 0.1) is 0 Å². The maximum absolute atomic E-state index is 5.12. The van der Waals surface area contributed by atoms with Gasteiger partial charge in [0.15, 0.2) is 17.5 Å².